The van der Waals surface area contributed by atoms with Crippen molar-refractivity contribution in [2.24, 2.45) is 0 Å². The molecule has 0 atom stereocenters. The van der Waals surface area contributed by atoms with E-state index in [9.17, 15) is 4.79 Å². The van der Waals surface area contributed by atoms with Crippen molar-refractivity contribution in [1.82, 2.24) is 5.32 Å². The molecule has 0 unspecified atom stereocenters. The number of aliphatic hydroxyl groups is 3. The van der Waals surface area contributed by atoms with E-state index in [4.69, 9.17) is 15.3 Å². The Kier molecular flexibility index (Phi) is 6.39. The van der Waals surface area contributed by atoms with Gasteiger partial charge >= 0.3 is 5.97 Å². The molecule has 84 valence electrons. The summed E-state index contributed by atoms with van der Waals surface area (Å²) in [6.45, 7) is -0.974. The van der Waals surface area contributed by atoms with E-state index in [1.165, 1.54) is 7.11 Å². The van der Waals surface area contributed by atoms with E-state index in [0.29, 0.717) is 0 Å². The average Bonchev–Trinajstić information content (AvgIpc) is 2.25. The Morgan fingerprint density at radius 1 is 1.29 bits per heavy atom. The maximum absolute atomic E-state index is 10.7. The summed E-state index contributed by atoms with van der Waals surface area (Å²) < 4.78 is 4.40. The largest absolute Gasteiger partial charge is 0.469 e. The van der Waals surface area contributed by atoms with Gasteiger partial charge in [-0.3, -0.25) is 4.79 Å². The van der Waals surface area contributed by atoms with Crippen molar-refractivity contribution in [3.05, 3.63) is 0 Å². The van der Waals surface area contributed by atoms with Crippen LogP contribution in [0.3, 0.4) is 0 Å². The van der Waals surface area contributed by atoms with E-state index >= 15 is 0 Å². The van der Waals surface area contributed by atoms with E-state index in [-0.39, 0.29) is 18.9 Å². The second kappa shape index (κ2) is 6.72. The summed E-state index contributed by atoms with van der Waals surface area (Å²) in [6.07, 6.45) is 0.123. The molecule has 0 saturated carbocycles. The molecule has 6 heteroatoms. The van der Waals surface area contributed by atoms with Gasteiger partial charge in [0.2, 0.25) is 0 Å². The molecular formula is C8H17NO5. The minimum Gasteiger partial charge on any atom is -0.469 e. The molecule has 14 heavy (non-hydrogen) atoms. The van der Waals surface area contributed by atoms with Gasteiger partial charge in [0.25, 0.3) is 0 Å². The molecule has 0 aromatic heterocycles. The van der Waals surface area contributed by atoms with Gasteiger partial charge in [-0.2, -0.15) is 0 Å². The Labute approximate surface area is 82.5 Å². The monoisotopic (exact) mass is 207 g/mol. The fourth-order valence-corrected chi connectivity index (χ4v) is 0.849. The highest BCUT2D eigenvalue weighted by Crippen LogP contribution is 2.01. The van der Waals surface area contributed by atoms with Crippen molar-refractivity contribution in [2.45, 2.75) is 12.0 Å². The molecule has 6 nitrogen and oxygen atoms in total. The molecule has 0 spiro atoms. The minimum atomic E-state index is -1.13. The van der Waals surface area contributed by atoms with Crippen LogP contribution in [0, 0.1) is 0 Å². The number of rotatable bonds is 7. The van der Waals surface area contributed by atoms with Gasteiger partial charge in [0.15, 0.2) is 0 Å². The van der Waals surface area contributed by atoms with Crippen LogP contribution in [0.15, 0.2) is 0 Å². The van der Waals surface area contributed by atoms with Crippen molar-refractivity contribution in [3.63, 3.8) is 0 Å². The Bertz CT molecular complexity index is 161. The summed E-state index contributed by atoms with van der Waals surface area (Å²) >= 11 is 0. The zero-order valence-corrected chi connectivity index (χ0v) is 8.19. The van der Waals surface area contributed by atoms with Gasteiger partial charge in [-0.25, -0.2) is 0 Å². The third-order valence-corrected chi connectivity index (χ3v) is 1.96. The smallest absolute Gasteiger partial charge is 0.306 e. The lowest BCUT2D eigenvalue weighted by Crippen LogP contribution is -2.55. The van der Waals surface area contributed by atoms with Crippen molar-refractivity contribution in [2.75, 3.05) is 33.5 Å². The molecule has 0 aromatic rings. The molecular weight excluding hydrogens is 190 g/mol. The van der Waals surface area contributed by atoms with Crippen LogP contribution >= 0.6 is 0 Å². The van der Waals surface area contributed by atoms with Gasteiger partial charge in [0.1, 0.15) is 0 Å². The number of nitrogens with one attached hydrogen (secondary N) is 1. The predicted molar refractivity (Wildman–Crippen MR) is 48.6 cm³/mol. The summed E-state index contributed by atoms with van der Waals surface area (Å²) in [7, 11) is 1.28. The van der Waals surface area contributed by atoms with Crippen LogP contribution < -0.4 is 5.32 Å². The van der Waals surface area contributed by atoms with Gasteiger partial charge in [-0.15, -0.1) is 0 Å². The minimum absolute atomic E-state index is 0.123. The number of methoxy groups -OCH3 is 1. The normalized spacial score (nSPS) is 11.4. The zero-order valence-electron chi connectivity index (χ0n) is 8.19. The third-order valence-electron chi connectivity index (χ3n) is 1.96. The number of esters is 1. The second-order valence-electron chi connectivity index (χ2n) is 3.01. The first-order valence-corrected chi connectivity index (χ1v) is 4.28. The van der Waals surface area contributed by atoms with Crippen LogP contribution in [-0.4, -0.2) is 60.3 Å². The molecule has 0 rings (SSSR count). The van der Waals surface area contributed by atoms with Crippen LogP contribution in [0.4, 0.5) is 0 Å². The SMILES string of the molecule is COC(=O)CCNC(CO)(CO)CO. The summed E-state index contributed by atoms with van der Waals surface area (Å²) in [6, 6.07) is 0. The van der Waals surface area contributed by atoms with E-state index in [2.05, 4.69) is 10.1 Å². The second-order valence-corrected chi connectivity index (χ2v) is 3.01. The van der Waals surface area contributed by atoms with Crippen LogP contribution in [0.5, 0.6) is 0 Å². The maximum Gasteiger partial charge on any atom is 0.306 e. The number of hydrogen-bond donors (Lipinski definition) is 4. The van der Waals surface area contributed by atoms with Crippen molar-refractivity contribution in [1.29, 1.82) is 0 Å². The number of carbonyl (C=O) groups is 1. The highest BCUT2D eigenvalue weighted by Gasteiger charge is 2.27. The van der Waals surface area contributed by atoms with E-state index < -0.39 is 25.4 Å². The Balaban J connectivity index is 3.88. The first-order chi connectivity index (χ1) is 6.64. The highest BCUT2D eigenvalue weighted by molar-refractivity contribution is 5.69. The summed E-state index contributed by atoms with van der Waals surface area (Å²) in [5.74, 6) is -0.389. The Morgan fingerprint density at radius 3 is 2.14 bits per heavy atom. The lowest BCUT2D eigenvalue weighted by molar-refractivity contribution is -0.140. The van der Waals surface area contributed by atoms with Gasteiger partial charge in [-0.1, -0.05) is 0 Å². The van der Waals surface area contributed by atoms with Crippen LogP contribution in [-0.2, 0) is 9.53 Å². The van der Waals surface area contributed by atoms with Crippen LogP contribution in [0.25, 0.3) is 0 Å². The van der Waals surface area contributed by atoms with Crippen molar-refractivity contribution < 1.29 is 24.9 Å². The van der Waals surface area contributed by atoms with Crippen molar-refractivity contribution in [3.8, 4) is 0 Å². The molecule has 0 bridgehead atoms. The molecule has 0 aliphatic heterocycles. The number of hydrogen-bond acceptors (Lipinski definition) is 6. The van der Waals surface area contributed by atoms with E-state index in [0.717, 1.165) is 0 Å². The lowest BCUT2D eigenvalue weighted by atomic mass is 10.0. The van der Waals surface area contributed by atoms with E-state index in [1.54, 1.807) is 0 Å². The third kappa shape index (κ3) is 4.01. The number of aliphatic hydroxyl groups excluding tert-OH is 3. The van der Waals surface area contributed by atoms with Gasteiger partial charge in [-0.05, 0) is 0 Å². The molecule has 0 radical (unpaired) electrons. The van der Waals surface area contributed by atoms with E-state index in [1.807, 2.05) is 0 Å². The standard InChI is InChI=1S/C8H17NO5/c1-14-7(13)2-3-9-8(4-10,5-11)6-12/h9-12H,2-6H2,1H3. The van der Waals surface area contributed by atoms with Crippen molar-refractivity contribution >= 4 is 5.97 Å². The lowest BCUT2D eigenvalue weighted by Gasteiger charge is -2.28. The fourth-order valence-electron chi connectivity index (χ4n) is 0.849. The summed E-state index contributed by atoms with van der Waals surface area (Å²) in [5.41, 5.74) is -1.13. The molecule has 0 heterocycles. The maximum atomic E-state index is 10.7. The topological polar surface area (TPSA) is 99.0 Å². The molecule has 0 aliphatic rings. The first-order valence-electron chi connectivity index (χ1n) is 4.28. The number of carbonyl (C=O) groups excluding carboxylic acids is 1. The Hall–Kier alpha value is -0.690. The molecule has 0 fully saturated rings. The summed E-state index contributed by atoms with van der Waals surface area (Å²) in [5, 5.41) is 29.4. The van der Waals surface area contributed by atoms with Gasteiger partial charge in [0, 0.05) is 6.54 Å². The molecule has 0 aromatic carbocycles. The average molecular weight is 207 g/mol. The van der Waals surface area contributed by atoms with Crippen LogP contribution in [0.2, 0.25) is 0 Å². The molecule has 0 aliphatic carbocycles. The molecule has 0 amide bonds. The quantitative estimate of drug-likeness (QED) is 0.355. The summed E-state index contributed by atoms with van der Waals surface area (Å²) in [4.78, 5) is 10.7. The molecule has 0 saturated heterocycles. The number of ether oxygens (including phenoxy) is 1. The predicted octanol–water partition coefficient (Wildman–Crippen LogP) is -2.15. The molecule has 4 N–H and O–H groups in total. The zero-order chi connectivity index (χ0) is 11.0. The van der Waals surface area contributed by atoms with Crippen LogP contribution in [0.1, 0.15) is 6.42 Å². The fraction of sp³-hybridized carbons (Fsp3) is 0.875. The Morgan fingerprint density at radius 2 is 1.79 bits per heavy atom. The van der Waals surface area contributed by atoms with Gasteiger partial charge < -0.3 is 25.4 Å². The first kappa shape index (κ1) is 13.3. The highest BCUT2D eigenvalue weighted by atomic mass is 16.5. The van der Waals surface area contributed by atoms with Gasteiger partial charge in [0.05, 0.1) is 38.9 Å².